The first kappa shape index (κ1) is 21.6. The number of carbonyl (C=O) groups excluding carboxylic acids is 1. The van der Waals surface area contributed by atoms with Crippen LogP contribution in [0.1, 0.15) is 29.5 Å². The van der Waals surface area contributed by atoms with Crippen LogP contribution in [0.4, 0.5) is 23.7 Å². The monoisotopic (exact) mass is 434 g/mol. The molecule has 0 aromatic heterocycles. The van der Waals surface area contributed by atoms with Gasteiger partial charge in [0.1, 0.15) is 6.10 Å². The van der Waals surface area contributed by atoms with Crippen molar-refractivity contribution in [2.24, 2.45) is 0 Å². The van der Waals surface area contributed by atoms with Crippen molar-refractivity contribution in [3.63, 3.8) is 0 Å². The van der Waals surface area contributed by atoms with Crippen molar-refractivity contribution in [2.45, 2.75) is 37.6 Å². The van der Waals surface area contributed by atoms with Crippen LogP contribution in [0, 0.1) is 6.92 Å². The number of rotatable bonds is 4. The highest BCUT2D eigenvalue weighted by Crippen LogP contribution is 2.37. The molecule has 0 bridgehead atoms. The fourth-order valence-corrected chi connectivity index (χ4v) is 4.29. The summed E-state index contributed by atoms with van der Waals surface area (Å²) >= 11 is 0. The van der Waals surface area contributed by atoms with Gasteiger partial charge in [0, 0.05) is 25.3 Å². The average Bonchev–Trinajstić information content (AvgIpc) is 3.09. The maximum atomic E-state index is 13.0. The highest BCUT2D eigenvalue weighted by Gasteiger charge is 2.39. The molecule has 0 radical (unpaired) electrons. The second-order valence-electron chi connectivity index (χ2n) is 8.37. The second-order valence-corrected chi connectivity index (χ2v) is 8.37. The Balaban J connectivity index is 1.36. The number of carbonyl (C=O) groups is 1. The van der Waals surface area contributed by atoms with Crippen molar-refractivity contribution in [1.29, 1.82) is 0 Å². The summed E-state index contributed by atoms with van der Waals surface area (Å²) in [6, 6.07) is 12.6. The number of alkyl halides is 3. The van der Waals surface area contributed by atoms with E-state index in [1.54, 1.807) is 11.0 Å². The van der Waals surface area contributed by atoms with Gasteiger partial charge in [-0.2, -0.15) is 13.2 Å². The van der Waals surface area contributed by atoms with Crippen LogP contribution in [0.3, 0.4) is 0 Å². The first-order valence-corrected chi connectivity index (χ1v) is 10.3. The van der Waals surface area contributed by atoms with Crippen LogP contribution < -0.4 is 4.90 Å². The number of aliphatic hydroxyl groups is 1. The lowest BCUT2D eigenvalue weighted by Gasteiger charge is -2.39. The van der Waals surface area contributed by atoms with E-state index >= 15 is 0 Å². The van der Waals surface area contributed by atoms with Gasteiger partial charge >= 0.3 is 12.3 Å². The standard InChI is InChI=1S/C23H25F3N2O3/c1-16-4-2-7-19(12-16)28-15-20(31-21(28)29)14-27-10-8-22(30,9-11-27)17-5-3-6-18(13-17)23(24,25)26/h2-7,12-13,20,30H,8-11,14-15H2,1H3. The number of ether oxygens (including phenoxy) is 1. The predicted octanol–water partition coefficient (Wildman–Crippen LogP) is 4.32. The van der Waals surface area contributed by atoms with Crippen LogP contribution in [-0.2, 0) is 16.5 Å². The van der Waals surface area contributed by atoms with E-state index in [2.05, 4.69) is 4.90 Å². The average molecular weight is 434 g/mol. The molecule has 0 saturated carbocycles. The Kier molecular flexibility index (Phi) is 5.70. The van der Waals surface area contributed by atoms with E-state index < -0.39 is 17.3 Å². The number of anilines is 1. The Bertz CT molecular complexity index is 955. The van der Waals surface area contributed by atoms with E-state index in [-0.39, 0.29) is 12.2 Å². The molecule has 2 heterocycles. The van der Waals surface area contributed by atoms with Gasteiger partial charge in [0.15, 0.2) is 0 Å². The third-order valence-corrected chi connectivity index (χ3v) is 6.06. The van der Waals surface area contributed by atoms with E-state index in [1.807, 2.05) is 31.2 Å². The Morgan fingerprint density at radius 1 is 1.13 bits per heavy atom. The Morgan fingerprint density at radius 2 is 1.84 bits per heavy atom. The molecule has 0 aliphatic carbocycles. The minimum absolute atomic E-state index is 0.292. The molecule has 2 aliphatic rings. The third kappa shape index (κ3) is 4.70. The van der Waals surface area contributed by atoms with Crippen molar-refractivity contribution in [3.8, 4) is 0 Å². The lowest BCUT2D eigenvalue weighted by Crippen LogP contribution is -2.45. The van der Waals surface area contributed by atoms with Crippen LogP contribution in [0.2, 0.25) is 0 Å². The molecule has 2 aromatic carbocycles. The van der Waals surface area contributed by atoms with Gasteiger partial charge in [0.25, 0.3) is 0 Å². The van der Waals surface area contributed by atoms with Gasteiger partial charge in [-0.3, -0.25) is 9.80 Å². The summed E-state index contributed by atoms with van der Waals surface area (Å²) in [7, 11) is 0. The van der Waals surface area contributed by atoms with Gasteiger partial charge in [-0.15, -0.1) is 0 Å². The number of aryl methyl sites for hydroxylation is 1. The molecule has 1 unspecified atom stereocenters. The summed E-state index contributed by atoms with van der Waals surface area (Å²) in [5.74, 6) is 0. The molecule has 2 saturated heterocycles. The van der Waals surface area contributed by atoms with Crippen molar-refractivity contribution in [3.05, 3.63) is 65.2 Å². The summed E-state index contributed by atoms with van der Waals surface area (Å²) < 4.78 is 44.6. The van der Waals surface area contributed by atoms with E-state index in [9.17, 15) is 23.1 Å². The van der Waals surface area contributed by atoms with E-state index in [0.29, 0.717) is 44.6 Å². The zero-order valence-corrected chi connectivity index (χ0v) is 17.2. The molecule has 1 N–H and O–H groups in total. The normalized spacial score (nSPS) is 21.9. The third-order valence-electron chi connectivity index (χ3n) is 6.06. The predicted molar refractivity (Wildman–Crippen MR) is 110 cm³/mol. The molecule has 2 fully saturated rings. The van der Waals surface area contributed by atoms with Crippen molar-refractivity contribution < 1.29 is 27.8 Å². The number of hydrogen-bond acceptors (Lipinski definition) is 4. The molecule has 2 aliphatic heterocycles. The van der Waals surface area contributed by atoms with Crippen molar-refractivity contribution >= 4 is 11.8 Å². The van der Waals surface area contributed by atoms with Gasteiger partial charge in [-0.25, -0.2) is 4.79 Å². The maximum Gasteiger partial charge on any atom is 0.416 e. The molecule has 1 amide bonds. The van der Waals surface area contributed by atoms with Gasteiger partial charge in [0.05, 0.1) is 17.7 Å². The van der Waals surface area contributed by atoms with Crippen molar-refractivity contribution in [1.82, 2.24) is 4.90 Å². The molecule has 4 rings (SSSR count). The van der Waals surface area contributed by atoms with Crippen molar-refractivity contribution in [2.75, 3.05) is 31.1 Å². The SMILES string of the molecule is Cc1cccc(N2CC(CN3CCC(O)(c4cccc(C(F)(F)F)c4)CC3)OC2=O)c1. The number of piperidine rings is 1. The maximum absolute atomic E-state index is 13.0. The smallest absolute Gasteiger partial charge is 0.416 e. The highest BCUT2D eigenvalue weighted by atomic mass is 19.4. The van der Waals surface area contributed by atoms with Gasteiger partial charge in [-0.1, -0.05) is 24.3 Å². The van der Waals surface area contributed by atoms with E-state index in [1.165, 1.54) is 6.07 Å². The van der Waals surface area contributed by atoms with E-state index in [0.717, 1.165) is 23.4 Å². The minimum Gasteiger partial charge on any atom is -0.443 e. The minimum atomic E-state index is -4.44. The summed E-state index contributed by atoms with van der Waals surface area (Å²) in [4.78, 5) is 16.0. The molecular formula is C23H25F3N2O3. The molecule has 8 heteroatoms. The van der Waals surface area contributed by atoms with Gasteiger partial charge in [-0.05, 0) is 55.2 Å². The van der Waals surface area contributed by atoms with Crippen LogP contribution >= 0.6 is 0 Å². The number of benzene rings is 2. The first-order valence-electron chi connectivity index (χ1n) is 10.3. The van der Waals surface area contributed by atoms with Gasteiger partial charge < -0.3 is 9.84 Å². The van der Waals surface area contributed by atoms with E-state index in [4.69, 9.17) is 4.74 Å². The molecule has 1 atom stereocenters. The summed E-state index contributed by atoms with van der Waals surface area (Å²) in [6.07, 6.45) is -4.49. The van der Waals surface area contributed by atoms with Crippen LogP contribution in [-0.4, -0.2) is 48.4 Å². The molecule has 2 aromatic rings. The first-order chi connectivity index (χ1) is 14.6. The largest absolute Gasteiger partial charge is 0.443 e. The van der Waals surface area contributed by atoms with Crippen LogP contribution in [0.5, 0.6) is 0 Å². The van der Waals surface area contributed by atoms with Crippen LogP contribution in [0.25, 0.3) is 0 Å². The lowest BCUT2D eigenvalue weighted by atomic mass is 9.83. The Hall–Kier alpha value is -2.58. The topological polar surface area (TPSA) is 53.0 Å². The lowest BCUT2D eigenvalue weighted by molar-refractivity contribution is -0.137. The van der Waals surface area contributed by atoms with Crippen LogP contribution in [0.15, 0.2) is 48.5 Å². The Labute approximate surface area is 179 Å². The summed E-state index contributed by atoms with van der Waals surface area (Å²) in [5, 5.41) is 11.0. The summed E-state index contributed by atoms with van der Waals surface area (Å²) in [5.41, 5.74) is 0.0936. The second kappa shape index (κ2) is 8.16. The molecule has 31 heavy (non-hydrogen) atoms. The molecule has 5 nitrogen and oxygen atoms in total. The molecular weight excluding hydrogens is 409 g/mol. The Morgan fingerprint density at radius 3 is 2.52 bits per heavy atom. The molecule has 0 spiro atoms. The number of amides is 1. The zero-order valence-electron chi connectivity index (χ0n) is 17.2. The highest BCUT2D eigenvalue weighted by molar-refractivity contribution is 5.89. The molecule has 166 valence electrons. The fourth-order valence-electron chi connectivity index (χ4n) is 4.29. The zero-order chi connectivity index (χ0) is 22.2. The summed E-state index contributed by atoms with van der Waals surface area (Å²) in [6.45, 7) is 3.93. The number of cyclic esters (lactones) is 1. The number of halogens is 3. The number of likely N-dealkylation sites (tertiary alicyclic amines) is 1. The number of nitrogens with zero attached hydrogens (tertiary/aromatic N) is 2. The van der Waals surface area contributed by atoms with Gasteiger partial charge in [0.2, 0.25) is 0 Å². The number of hydrogen-bond donors (Lipinski definition) is 1. The fraction of sp³-hybridized carbons (Fsp3) is 0.435. The quantitative estimate of drug-likeness (QED) is 0.779.